The molecule has 6 rings (SSSR count). The van der Waals surface area contributed by atoms with Gasteiger partial charge in [-0.1, -0.05) is 30.3 Å². The van der Waals surface area contributed by atoms with E-state index < -0.39 is 29.2 Å². The number of rotatable bonds is 7. The monoisotopic (exact) mass is 633 g/mol. The van der Waals surface area contributed by atoms with Gasteiger partial charge in [0, 0.05) is 48.1 Å². The number of halogens is 3. The van der Waals surface area contributed by atoms with E-state index in [1.165, 1.54) is 17.0 Å². The maximum absolute atomic E-state index is 16.6. The summed E-state index contributed by atoms with van der Waals surface area (Å²) in [6.45, 7) is 4.82. The predicted molar refractivity (Wildman–Crippen MR) is 167 cm³/mol. The summed E-state index contributed by atoms with van der Waals surface area (Å²) in [5, 5.41) is 11.2. The number of benzene rings is 2. The summed E-state index contributed by atoms with van der Waals surface area (Å²) in [6, 6.07) is 11.2. The Labute approximate surface area is 262 Å². The highest BCUT2D eigenvalue weighted by Crippen LogP contribution is 2.37. The summed E-state index contributed by atoms with van der Waals surface area (Å²) in [4.78, 5) is 42.2. The van der Waals surface area contributed by atoms with Gasteiger partial charge in [0.1, 0.15) is 17.9 Å². The highest BCUT2D eigenvalue weighted by atomic mass is 35.5. The Hall–Kier alpha value is -4.60. The van der Waals surface area contributed by atoms with E-state index in [1.807, 2.05) is 11.9 Å². The summed E-state index contributed by atoms with van der Waals surface area (Å²) < 4.78 is 36.5. The number of pyridine rings is 1. The summed E-state index contributed by atoms with van der Waals surface area (Å²) >= 11 is 6.51. The molecule has 0 aliphatic carbocycles. The number of carbonyl (C=O) groups is 1. The third kappa shape index (κ3) is 5.81. The second-order valence-electron chi connectivity index (χ2n) is 11.3. The lowest BCUT2D eigenvalue weighted by atomic mass is 10.0. The number of carbonyl (C=O) groups excluding carboxylic acids is 1. The van der Waals surface area contributed by atoms with Crippen molar-refractivity contribution in [1.29, 1.82) is 5.26 Å². The molecule has 0 spiro atoms. The van der Waals surface area contributed by atoms with Gasteiger partial charge in [-0.25, -0.2) is 8.78 Å². The lowest BCUT2D eigenvalue weighted by Gasteiger charge is -2.41. The number of likely N-dealkylation sites (N-methyl/N-ethyl adjacent to an activating group) is 1. The van der Waals surface area contributed by atoms with Gasteiger partial charge in [-0.3, -0.25) is 9.59 Å². The molecule has 2 fully saturated rings. The molecule has 2 aliphatic heterocycles. The lowest BCUT2D eigenvalue weighted by Crippen LogP contribution is -2.55. The number of fused-ring (bicyclic) bond motifs is 2. The molecular formula is C32H30ClF2N7O3. The molecule has 45 heavy (non-hydrogen) atoms. The van der Waals surface area contributed by atoms with E-state index in [2.05, 4.69) is 32.5 Å². The first-order valence-corrected chi connectivity index (χ1v) is 15.0. The van der Waals surface area contributed by atoms with Gasteiger partial charge < -0.3 is 24.4 Å². The van der Waals surface area contributed by atoms with E-state index >= 15 is 4.39 Å². The molecule has 2 saturated heterocycles. The molecule has 232 valence electrons. The van der Waals surface area contributed by atoms with Crippen molar-refractivity contribution in [2.75, 3.05) is 44.7 Å². The average Bonchev–Trinajstić information content (AvgIpc) is 3.43. The van der Waals surface area contributed by atoms with Crippen molar-refractivity contribution in [3.05, 3.63) is 70.0 Å². The van der Waals surface area contributed by atoms with Crippen LogP contribution in [-0.2, 0) is 4.79 Å². The number of aromatic nitrogens is 3. The number of aromatic amines is 1. The number of nitriles is 1. The van der Waals surface area contributed by atoms with Gasteiger partial charge >= 0.3 is 6.01 Å². The van der Waals surface area contributed by atoms with Crippen LogP contribution in [0.15, 0.2) is 53.6 Å². The van der Waals surface area contributed by atoms with Crippen LogP contribution in [0.1, 0.15) is 19.3 Å². The second-order valence-corrected chi connectivity index (χ2v) is 11.7. The Morgan fingerprint density at radius 1 is 1.22 bits per heavy atom. The molecule has 2 aliphatic rings. The number of amides is 1. The number of hydrogen-bond acceptors (Lipinski definition) is 8. The van der Waals surface area contributed by atoms with Crippen molar-refractivity contribution in [2.45, 2.75) is 31.3 Å². The van der Waals surface area contributed by atoms with Gasteiger partial charge in [0.05, 0.1) is 29.2 Å². The number of nitrogens with one attached hydrogen (secondary N) is 1. The molecule has 4 aromatic rings. The molecule has 0 radical (unpaired) electrons. The zero-order valence-corrected chi connectivity index (χ0v) is 25.3. The number of likely N-dealkylation sites (tertiary alicyclic amines) is 1. The summed E-state index contributed by atoms with van der Waals surface area (Å²) in [5.74, 6) is -2.34. The molecule has 1 N–H and O–H groups in total. The van der Waals surface area contributed by atoms with Gasteiger partial charge in [-0.05, 0) is 50.0 Å². The molecule has 0 bridgehead atoms. The number of piperazine rings is 1. The quantitative estimate of drug-likeness (QED) is 0.288. The Morgan fingerprint density at radius 3 is 2.78 bits per heavy atom. The van der Waals surface area contributed by atoms with Crippen LogP contribution < -0.4 is 15.2 Å². The first-order valence-electron chi connectivity index (χ1n) is 14.6. The van der Waals surface area contributed by atoms with Crippen LogP contribution in [0.2, 0.25) is 5.02 Å². The predicted octanol–water partition coefficient (Wildman–Crippen LogP) is 4.82. The fourth-order valence-electron chi connectivity index (χ4n) is 6.23. The fraction of sp³-hybridized carbons (Fsp3) is 0.344. The number of ether oxygens (including phenoxy) is 1. The number of hydrogen-bond donors (Lipinski definition) is 1. The highest BCUT2D eigenvalue weighted by molar-refractivity contribution is 6.36. The fourth-order valence-corrected chi connectivity index (χ4v) is 6.50. The van der Waals surface area contributed by atoms with Crippen LogP contribution in [0.25, 0.3) is 32.9 Å². The van der Waals surface area contributed by atoms with Crippen LogP contribution >= 0.6 is 11.6 Å². The van der Waals surface area contributed by atoms with E-state index in [9.17, 15) is 19.2 Å². The molecule has 4 heterocycles. The Balaban J connectivity index is 1.47. The van der Waals surface area contributed by atoms with Crippen molar-refractivity contribution >= 4 is 45.0 Å². The average molecular weight is 634 g/mol. The summed E-state index contributed by atoms with van der Waals surface area (Å²) in [7, 11) is 2.01. The normalized spacial score (nSPS) is 18.8. The minimum atomic E-state index is -1.10. The molecule has 0 saturated carbocycles. The maximum Gasteiger partial charge on any atom is 0.319 e. The number of anilines is 1. The summed E-state index contributed by atoms with van der Waals surface area (Å²) in [5.41, 5.74) is -0.155. The zero-order valence-electron chi connectivity index (χ0n) is 24.5. The topological polar surface area (TPSA) is 118 Å². The van der Waals surface area contributed by atoms with E-state index in [-0.39, 0.29) is 54.9 Å². The van der Waals surface area contributed by atoms with E-state index in [0.717, 1.165) is 19.4 Å². The first kappa shape index (κ1) is 30.4. The van der Waals surface area contributed by atoms with Crippen LogP contribution in [0, 0.1) is 17.1 Å². The third-order valence-corrected chi connectivity index (χ3v) is 8.86. The van der Waals surface area contributed by atoms with E-state index in [0.29, 0.717) is 33.6 Å². The van der Waals surface area contributed by atoms with Gasteiger partial charge in [-0.15, -0.1) is 0 Å². The molecular weight excluding hydrogens is 604 g/mol. The molecule has 2 aromatic heterocycles. The van der Waals surface area contributed by atoms with Crippen molar-refractivity contribution < 1.29 is 18.3 Å². The van der Waals surface area contributed by atoms with Gasteiger partial charge in [0.2, 0.25) is 5.56 Å². The minimum absolute atomic E-state index is 0.0363. The molecule has 0 unspecified atom stereocenters. The van der Waals surface area contributed by atoms with Gasteiger partial charge in [0.15, 0.2) is 11.6 Å². The Morgan fingerprint density at radius 2 is 2.04 bits per heavy atom. The Kier molecular flexibility index (Phi) is 8.40. The van der Waals surface area contributed by atoms with Gasteiger partial charge in [0.25, 0.3) is 5.91 Å². The van der Waals surface area contributed by atoms with Crippen molar-refractivity contribution in [2.24, 2.45) is 0 Å². The molecule has 13 heteroatoms. The summed E-state index contributed by atoms with van der Waals surface area (Å²) in [6.07, 6.45) is 1.92. The van der Waals surface area contributed by atoms with E-state index in [1.54, 1.807) is 24.3 Å². The third-order valence-electron chi connectivity index (χ3n) is 8.54. The number of H-pyrrole nitrogens is 1. The van der Waals surface area contributed by atoms with Crippen LogP contribution in [-0.4, -0.2) is 82.6 Å². The Bertz CT molecular complexity index is 1930. The lowest BCUT2D eigenvalue weighted by molar-refractivity contribution is -0.131. The molecule has 2 aromatic carbocycles. The van der Waals surface area contributed by atoms with Crippen LogP contribution in [0.3, 0.4) is 0 Å². The molecule has 1 amide bonds. The number of nitrogens with zero attached hydrogens (tertiary/aromatic N) is 6. The van der Waals surface area contributed by atoms with Crippen molar-refractivity contribution in [3.8, 4) is 23.3 Å². The SMILES string of the molecule is C=C(F)C(=O)N1CCN(c2nc(OC[C@@H]3CCCN3C)nc3c(F)c(-c4[nH]c(=O)cc5cccc(Cl)c45)ccc23)C[C@@H]1CC#N. The van der Waals surface area contributed by atoms with Crippen LogP contribution in [0.4, 0.5) is 14.6 Å². The van der Waals surface area contributed by atoms with Crippen molar-refractivity contribution in [3.63, 3.8) is 0 Å². The highest BCUT2D eigenvalue weighted by Gasteiger charge is 2.34. The maximum atomic E-state index is 16.6. The first-order chi connectivity index (χ1) is 21.7. The smallest absolute Gasteiger partial charge is 0.319 e. The minimum Gasteiger partial charge on any atom is -0.462 e. The zero-order chi connectivity index (χ0) is 31.8. The largest absolute Gasteiger partial charge is 0.462 e. The van der Waals surface area contributed by atoms with Crippen LogP contribution in [0.5, 0.6) is 6.01 Å². The standard InChI is InChI=1S/C32H30ClF2N7O3/c1-18(34)31(44)42-14-13-41(16-20(42)10-11-36)30-23-9-8-22(28-26-19(15-25(43)37-28)5-3-7-24(26)33)27(35)29(23)38-32(39-30)45-17-21-6-4-12-40(21)2/h3,5,7-9,15,20-21H,1,4,6,10,12-14,16-17H2,2H3,(H,37,43)/t20-,21-/m0/s1. The van der Waals surface area contributed by atoms with Gasteiger partial charge in [-0.2, -0.15) is 15.2 Å². The second kappa shape index (κ2) is 12.4. The van der Waals surface area contributed by atoms with Crippen molar-refractivity contribution in [1.82, 2.24) is 24.8 Å². The molecule has 10 nitrogen and oxygen atoms in total. The molecule has 2 atom stereocenters. The van der Waals surface area contributed by atoms with E-state index in [4.69, 9.17) is 16.3 Å².